The summed E-state index contributed by atoms with van der Waals surface area (Å²) < 4.78 is 19.9. The first kappa shape index (κ1) is 18.3. The van der Waals surface area contributed by atoms with E-state index in [0.717, 1.165) is 24.0 Å². The molecule has 2 heteroatoms. The first-order valence-corrected chi connectivity index (χ1v) is 9.54. The van der Waals surface area contributed by atoms with Gasteiger partial charge in [0.15, 0.2) is 0 Å². The third-order valence-corrected chi connectivity index (χ3v) is 5.51. The molecule has 0 N–H and O–H groups in total. The zero-order valence-electron chi connectivity index (χ0n) is 14.8. The molecule has 1 aromatic rings. The van der Waals surface area contributed by atoms with E-state index in [1.807, 2.05) is 30.3 Å². The summed E-state index contributed by atoms with van der Waals surface area (Å²) in [7, 11) is 0. The second kappa shape index (κ2) is 9.95. The van der Waals surface area contributed by atoms with Gasteiger partial charge in [-0.2, -0.15) is 0 Å². The summed E-state index contributed by atoms with van der Waals surface area (Å²) >= 11 is 0. The zero-order valence-corrected chi connectivity index (χ0v) is 14.8. The van der Waals surface area contributed by atoms with Gasteiger partial charge < -0.3 is 4.74 Å². The molecule has 1 fully saturated rings. The molecule has 2 unspecified atom stereocenters. The van der Waals surface area contributed by atoms with E-state index in [1.54, 1.807) is 0 Å². The summed E-state index contributed by atoms with van der Waals surface area (Å²) in [6.45, 7) is 4.68. The fourth-order valence-corrected chi connectivity index (χ4v) is 4.15. The second-order valence-corrected chi connectivity index (χ2v) is 7.19. The number of hydrogen-bond acceptors (Lipinski definition) is 1. The largest absolute Gasteiger partial charge is 0.491 e. The molecular formula is C21H33FO. The highest BCUT2D eigenvalue weighted by Crippen LogP contribution is 2.38. The van der Waals surface area contributed by atoms with Gasteiger partial charge in [-0.15, -0.1) is 0 Å². The fourth-order valence-electron chi connectivity index (χ4n) is 4.15. The highest BCUT2D eigenvalue weighted by Gasteiger charge is 2.28. The summed E-state index contributed by atoms with van der Waals surface area (Å²) in [5, 5.41) is 0. The molecular weight excluding hydrogens is 287 g/mol. The van der Waals surface area contributed by atoms with Crippen molar-refractivity contribution in [2.75, 3.05) is 6.61 Å². The van der Waals surface area contributed by atoms with Crippen LogP contribution in [0.25, 0.3) is 0 Å². The predicted octanol–water partition coefficient (Wildman–Crippen LogP) is 6.43. The standard InChI is InChI=1S/C21H33FO/c1-3-8-17-11-13-19(14-12-17)18(4-2)15-20(22)16-23-21-9-6-5-7-10-21/h5-7,9-10,17-20H,3-4,8,11-16H2,1-2H3/t17-,18?,19-,20?. The molecule has 0 aromatic heterocycles. The van der Waals surface area contributed by atoms with Crippen LogP contribution >= 0.6 is 0 Å². The average Bonchev–Trinajstić information content (AvgIpc) is 2.60. The predicted molar refractivity (Wildman–Crippen MR) is 95.6 cm³/mol. The molecule has 23 heavy (non-hydrogen) atoms. The van der Waals surface area contributed by atoms with Crippen LogP contribution in [-0.2, 0) is 0 Å². The Morgan fingerprint density at radius 2 is 1.78 bits per heavy atom. The Labute approximate surface area is 141 Å². The Morgan fingerprint density at radius 1 is 1.09 bits per heavy atom. The van der Waals surface area contributed by atoms with Gasteiger partial charge in [-0.05, 0) is 49.1 Å². The minimum Gasteiger partial charge on any atom is -0.491 e. The Kier molecular flexibility index (Phi) is 7.91. The summed E-state index contributed by atoms with van der Waals surface area (Å²) in [6, 6.07) is 9.57. The Bertz CT molecular complexity index is 411. The summed E-state index contributed by atoms with van der Waals surface area (Å²) in [5.74, 6) is 2.94. The van der Waals surface area contributed by atoms with Crippen molar-refractivity contribution in [3.8, 4) is 5.75 Å². The molecule has 1 nitrogen and oxygen atoms in total. The van der Waals surface area contributed by atoms with E-state index < -0.39 is 6.17 Å². The first-order valence-electron chi connectivity index (χ1n) is 9.54. The smallest absolute Gasteiger partial charge is 0.134 e. The van der Waals surface area contributed by atoms with Gasteiger partial charge in [0, 0.05) is 0 Å². The van der Waals surface area contributed by atoms with Crippen molar-refractivity contribution in [2.45, 2.75) is 71.4 Å². The number of rotatable bonds is 9. The van der Waals surface area contributed by atoms with Crippen LogP contribution in [0.5, 0.6) is 5.75 Å². The zero-order chi connectivity index (χ0) is 16.5. The van der Waals surface area contributed by atoms with Crippen molar-refractivity contribution in [3.63, 3.8) is 0 Å². The van der Waals surface area contributed by atoms with Crippen molar-refractivity contribution < 1.29 is 9.13 Å². The van der Waals surface area contributed by atoms with E-state index in [2.05, 4.69) is 13.8 Å². The average molecular weight is 320 g/mol. The van der Waals surface area contributed by atoms with Crippen molar-refractivity contribution in [3.05, 3.63) is 30.3 Å². The van der Waals surface area contributed by atoms with E-state index in [9.17, 15) is 4.39 Å². The lowest BCUT2D eigenvalue weighted by atomic mass is 9.72. The van der Waals surface area contributed by atoms with Gasteiger partial charge in [0.2, 0.25) is 0 Å². The molecule has 2 rings (SSSR count). The maximum absolute atomic E-state index is 14.4. The molecule has 1 saturated carbocycles. The highest BCUT2D eigenvalue weighted by molar-refractivity contribution is 5.20. The van der Waals surface area contributed by atoms with Gasteiger partial charge in [-0.1, -0.05) is 64.2 Å². The molecule has 0 amide bonds. The molecule has 1 aromatic carbocycles. The minimum atomic E-state index is -0.853. The van der Waals surface area contributed by atoms with Crippen LogP contribution in [0, 0.1) is 17.8 Å². The number of halogens is 1. The van der Waals surface area contributed by atoms with Crippen LogP contribution in [-0.4, -0.2) is 12.8 Å². The van der Waals surface area contributed by atoms with E-state index in [0.29, 0.717) is 12.3 Å². The van der Waals surface area contributed by atoms with Crippen molar-refractivity contribution >= 4 is 0 Å². The van der Waals surface area contributed by atoms with E-state index >= 15 is 0 Å². The number of alkyl halides is 1. The molecule has 1 aliphatic carbocycles. The van der Waals surface area contributed by atoms with Crippen LogP contribution < -0.4 is 4.74 Å². The summed E-state index contributed by atoms with van der Waals surface area (Å²) in [4.78, 5) is 0. The molecule has 130 valence electrons. The molecule has 0 saturated heterocycles. The normalized spacial score (nSPS) is 24.1. The molecule has 0 aliphatic heterocycles. The number of para-hydroxylation sites is 1. The van der Waals surface area contributed by atoms with Crippen LogP contribution in [0.15, 0.2) is 30.3 Å². The molecule has 1 aliphatic rings. The number of benzene rings is 1. The Balaban J connectivity index is 1.73. The van der Waals surface area contributed by atoms with Gasteiger partial charge in [-0.25, -0.2) is 4.39 Å². The molecule has 2 atom stereocenters. The molecule has 0 radical (unpaired) electrons. The monoisotopic (exact) mass is 320 g/mol. The van der Waals surface area contributed by atoms with Gasteiger partial charge in [0.05, 0.1) is 0 Å². The maximum atomic E-state index is 14.4. The molecule has 0 spiro atoms. The Morgan fingerprint density at radius 3 is 2.39 bits per heavy atom. The number of ether oxygens (including phenoxy) is 1. The SMILES string of the molecule is CCC[C@H]1CC[C@H](C(CC)CC(F)COc2ccccc2)CC1. The molecule has 0 heterocycles. The minimum absolute atomic E-state index is 0.186. The van der Waals surface area contributed by atoms with Gasteiger partial charge >= 0.3 is 0 Å². The van der Waals surface area contributed by atoms with E-state index in [-0.39, 0.29) is 6.61 Å². The third kappa shape index (κ3) is 6.16. The topological polar surface area (TPSA) is 9.23 Å². The van der Waals surface area contributed by atoms with Crippen LogP contribution in [0.4, 0.5) is 4.39 Å². The van der Waals surface area contributed by atoms with E-state index in [1.165, 1.54) is 38.5 Å². The van der Waals surface area contributed by atoms with Crippen molar-refractivity contribution in [2.24, 2.45) is 17.8 Å². The molecule has 0 bridgehead atoms. The van der Waals surface area contributed by atoms with Crippen molar-refractivity contribution in [1.29, 1.82) is 0 Å². The third-order valence-electron chi connectivity index (χ3n) is 5.51. The maximum Gasteiger partial charge on any atom is 0.134 e. The lowest BCUT2D eigenvalue weighted by Gasteiger charge is -2.34. The second-order valence-electron chi connectivity index (χ2n) is 7.19. The van der Waals surface area contributed by atoms with E-state index in [4.69, 9.17) is 4.74 Å². The number of hydrogen-bond donors (Lipinski definition) is 0. The highest BCUT2D eigenvalue weighted by atomic mass is 19.1. The summed E-state index contributed by atoms with van der Waals surface area (Å²) in [6.07, 6.45) is 8.88. The van der Waals surface area contributed by atoms with Gasteiger partial charge in [0.25, 0.3) is 0 Å². The lowest BCUT2D eigenvalue weighted by molar-refractivity contribution is 0.123. The van der Waals surface area contributed by atoms with Gasteiger partial charge in [0.1, 0.15) is 18.5 Å². The Hall–Kier alpha value is -1.05. The van der Waals surface area contributed by atoms with Gasteiger partial charge in [-0.3, -0.25) is 0 Å². The quantitative estimate of drug-likeness (QED) is 0.509. The first-order chi connectivity index (χ1) is 11.2. The fraction of sp³-hybridized carbons (Fsp3) is 0.714. The van der Waals surface area contributed by atoms with Crippen LogP contribution in [0.2, 0.25) is 0 Å². The van der Waals surface area contributed by atoms with Crippen LogP contribution in [0.3, 0.4) is 0 Å². The van der Waals surface area contributed by atoms with Crippen LogP contribution in [0.1, 0.15) is 65.2 Å². The van der Waals surface area contributed by atoms with Crippen molar-refractivity contribution in [1.82, 2.24) is 0 Å². The summed E-state index contributed by atoms with van der Waals surface area (Å²) in [5.41, 5.74) is 0. The lowest BCUT2D eigenvalue weighted by Crippen LogP contribution is -2.26.